The molecule has 3 aromatic rings. The lowest BCUT2D eigenvalue weighted by Crippen LogP contribution is -2.53. The molecule has 1 aromatic heterocycles. The number of nitrogens with zero attached hydrogens (tertiary/aromatic N) is 2. The number of benzene rings is 2. The maximum Gasteiger partial charge on any atom is 0.301 e. The third-order valence-corrected chi connectivity index (χ3v) is 8.69. The number of carbonyl (C=O) groups is 1. The van der Waals surface area contributed by atoms with Crippen LogP contribution in [0, 0.1) is 19.7 Å². The number of hydrogen-bond acceptors (Lipinski definition) is 6. The van der Waals surface area contributed by atoms with E-state index in [0.29, 0.717) is 5.56 Å². The van der Waals surface area contributed by atoms with Gasteiger partial charge < -0.3 is 15.4 Å². The first kappa shape index (κ1) is 32.2. The van der Waals surface area contributed by atoms with Crippen LogP contribution in [0.1, 0.15) is 48.2 Å². The van der Waals surface area contributed by atoms with E-state index in [1.807, 2.05) is 13.8 Å². The Balaban J connectivity index is 0.00000207. The number of halogens is 3. The molecule has 43 heavy (non-hydrogen) atoms. The van der Waals surface area contributed by atoms with Crippen molar-refractivity contribution >= 4 is 44.9 Å². The summed E-state index contributed by atoms with van der Waals surface area (Å²) in [6.45, 7) is 6.66. The number of hydrogen-bond donors (Lipinski definition) is 3. The summed E-state index contributed by atoms with van der Waals surface area (Å²) in [7, 11) is -2.63. The van der Waals surface area contributed by atoms with Crippen LogP contribution in [0.5, 0.6) is 11.5 Å². The highest BCUT2D eigenvalue weighted by atomic mass is 35.5. The van der Waals surface area contributed by atoms with Gasteiger partial charge in [0.2, 0.25) is 0 Å². The zero-order valence-corrected chi connectivity index (χ0v) is 26.0. The van der Waals surface area contributed by atoms with Crippen molar-refractivity contribution in [3.63, 3.8) is 0 Å². The molecule has 1 saturated heterocycles. The highest BCUT2D eigenvalue weighted by molar-refractivity contribution is 7.90. The van der Waals surface area contributed by atoms with Crippen LogP contribution in [0.25, 0.3) is 0 Å². The second-order valence-electron chi connectivity index (χ2n) is 10.1. The smallest absolute Gasteiger partial charge is 0.301 e. The van der Waals surface area contributed by atoms with Crippen LogP contribution >= 0.6 is 11.6 Å². The van der Waals surface area contributed by atoms with Crippen molar-refractivity contribution in [1.82, 2.24) is 14.2 Å². The fourth-order valence-corrected chi connectivity index (χ4v) is 5.86. The summed E-state index contributed by atoms with van der Waals surface area (Å²) in [5.41, 5.74) is 0.164. The Morgan fingerprint density at radius 3 is 2.37 bits per heavy atom. The number of amides is 1. The molecule has 14 heteroatoms. The summed E-state index contributed by atoms with van der Waals surface area (Å²) in [6, 6.07) is 8.73. The Labute approximate surface area is 254 Å². The Morgan fingerprint density at radius 2 is 1.77 bits per heavy atom. The zero-order chi connectivity index (χ0) is 31.6. The highest BCUT2D eigenvalue weighted by Gasteiger charge is 2.36. The van der Waals surface area contributed by atoms with E-state index in [9.17, 15) is 26.8 Å². The number of nitrogens with one attached hydrogen (secondary N) is 3. The molecule has 2 heterocycles. The Morgan fingerprint density at radius 1 is 1.09 bits per heavy atom. The number of anilines is 3. The fourth-order valence-electron chi connectivity index (χ4n) is 4.30. The SMILES string of the molecule is CC.Cc1ccc(Nc2c(C(=O)NC3CC3)c(Oc3cccc(NS(=O)(=O)N4CC(F)C4)c3Cl)c(C)c(=O)n2C)c(F)c1. The van der Waals surface area contributed by atoms with E-state index in [2.05, 4.69) is 15.4 Å². The van der Waals surface area contributed by atoms with Crippen LogP contribution in [0.3, 0.4) is 0 Å². The minimum Gasteiger partial charge on any atom is -0.454 e. The maximum absolute atomic E-state index is 14.8. The van der Waals surface area contributed by atoms with Gasteiger partial charge in [0.1, 0.15) is 34.1 Å². The summed E-state index contributed by atoms with van der Waals surface area (Å²) >= 11 is 6.52. The quantitative estimate of drug-likeness (QED) is 0.283. The average Bonchev–Trinajstić information content (AvgIpc) is 3.76. The van der Waals surface area contributed by atoms with Crippen molar-refractivity contribution in [3.8, 4) is 11.5 Å². The Hall–Kier alpha value is -3.68. The van der Waals surface area contributed by atoms with Crippen molar-refractivity contribution in [3.05, 3.63) is 74.3 Å². The van der Waals surface area contributed by atoms with Crippen LogP contribution in [0.4, 0.5) is 26.0 Å². The van der Waals surface area contributed by atoms with Crippen LogP contribution in [0.2, 0.25) is 5.02 Å². The van der Waals surface area contributed by atoms with Gasteiger partial charge in [-0.3, -0.25) is 18.9 Å². The summed E-state index contributed by atoms with van der Waals surface area (Å²) in [4.78, 5) is 26.8. The molecule has 5 rings (SSSR count). The topological polar surface area (TPSA) is 122 Å². The lowest BCUT2D eigenvalue weighted by molar-refractivity contribution is 0.0948. The first-order valence-electron chi connectivity index (χ1n) is 13.8. The van der Waals surface area contributed by atoms with Crippen LogP contribution in [0.15, 0.2) is 41.2 Å². The van der Waals surface area contributed by atoms with Gasteiger partial charge in [-0.2, -0.15) is 12.7 Å². The van der Waals surface area contributed by atoms with Crippen molar-refractivity contribution in [2.45, 2.75) is 52.8 Å². The van der Waals surface area contributed by atoms with Crippen molar-refractivity contribution < 1.29 is 26.7 Å². The van der Waals surface area contributed by atoms with Gasteiger partial charge in [-0.25, -0.2) is 8.78 Å². The number of aromatic nitrogens is 1. The van der Waals surface area contributed by atoms with Crippen LogP contribution in [-0.2, 0) is 17.3 Å². The van der Waals surface area contributed by atoms with Crippen LogP contribution < -0.4 is 25.7 Å². The van der Waals surface area contributed by atoms with Crippen molar-refractivity contribution in [2.24, 2.45) is 7.05 Å². The third kappa shape index (κ3) is 6.94. The van der Waals surface area contributed by atoms with Gasteiger partial charge in [-0.1, -0.05) is 37.6 Å². The van der Waals surface area contributed by atoms with E-state index < -0.39 is 33.7 Å². The number of rotatable bonds is 9. The summed E-state index contributed by atoms with van der Waals surface area (Å²) in [5.74, 6) is -1.33. The summed E-state index contributed by atoms with van der Waals surface area (Å²) < 4.78 is 63.8. The standard InChI is InChI=1S/C27H28ClF2N5O5S.C2H6/c1-14-7-10-19(18(30)11-14)32-25-22(26(36)31-17-8-9-17)24(15(2)27(37)34(25)3)40-21-6-4-5-20(23(21)28)33-41(38,39)35-12-16(29)13-35;1-2/h4-7,10-11,16-17,32-33H,8-9,12-13H2,1-3H3,(H,31,36);1-2H3. The first-order valence-corrected chi connectivity index (χ1v) is 15.6. The molecule has 0 atom stereocenters. The van der Waals surface area contributed by atoms with E-state index in [-0.39, 0.29) is 64.0 Å². The molecule has 1 aliphatic carbocycles. The normalized spacial score (nSPS) is 15.2. The molecule has 0 radical (unpaired) electrons. The predicted molar refractivity (Wildman–Crippen MR) is 163 cm³/mol. The third-order valence-electron chi connectivity index (χ3n) is 6.84. The van der Waals surface area contributed by atoms with E-state index in [4.69, 9.17) is 16.3 Å². The molecule has 2 fully saturated rings. The van der Waals surface area contributed by atoms with Gasteiger partial charge in [0.25, 0.3) is 11.5 Å². The number of carbonyl (C=O) groups excluding carboxylic acids is 1. The van der Waals surface area contributed by atoms with Crippen LogP contribution in [-0.4, -0.2) is 48.5 Å². The van der Waals surface area contributed by atoms with E-state index >= 15 is 0 Å². The molecule has 1 aliphatic heterocycles. The minimum atomic E-state index is -4.08. The largest absolute Gasteiger partial charge is 0.454 e. The van der Waals surface area contributed by atoms with Crippen molar-refractivity contribution in [1.29, 1.82) is 0 Å². The maximum atomic E-state index is 14.8. The Kier molecular flexibility index (Phi) is 9.67. The van der Waals surface area contributed by atoms with Crippen molar-refractivity contribution in [2.75, 3.05) is 23.1 Å². The lowest BCUT2D eigenvalue weighted by atomic mass is 10.1. The number of pyridine rings is 1. The van der Waals surface area contributed by atoms with Gasteiger partial charge >= 0.3 is 10.2 Å². The number of aryl methyl sites for hydroxylation is 1. The molecule has 0 bridgehead atoms. The van der Waals surface area contributed by atoms with E-state index in [1.54, 1.807) is 13.0 Å². The summed E-state index contributed by atoms with van der Waals surface area (Å²) in [5, 5.41) is 5.60. The van der Waals surface area contributed by atoms with E-state index in [0.717, 1.165) is 17.1 Å². The van der Waals surface area contributed by atoms with Gasteiger partial charge in [0, 0.05) is 26.2 Å². The monoisotopic (exact) mass is 637 g/mol. The van der Waals surface area contributed by atoms with Gasteiger partial charge in [-0.15, -0.1) is 0 Å². The fraction of sp³-hybridized carbons (Fsp3) is 0.379. The molecule has 10 nitrogen and oxygen atoms in total. The molecule has 0 unspecified atom stereocenters. The molecule has 0 spiro atoms. The molecule has 232 valence electrons. The predicted octanol–water partition coefficient (Wildman–Crippen LogP) is 5.56. The molecule has 3 N–H and O–H groups in total. The first-order chi connectivity index (χ1) is 20.4. The minimum absolute atomic E-state index is 0.0111. The van der Waals surface area contributed by atoms with Gasteiger partial charge in [-0.05, 0) is 56.5 Å². The molecule has 1 amide bonds. The second-order valence-corrected chi connectivity index (χ2v) is 12.2. The zero-order valence-electron chi connectivity index (χ0n) is 24.4. The molecular formula is C29H34ClF2N5O5S. The molecule has 2 aromatic carbocycles. The van der Waals surface area contributed by atoms with Gasteiger partial charge in [0.05, 0.1) is 16.9 Å². The average molecular weight is 638 g/mol. The molecule has 2 aliphatic rings. The van der Waals surface area contributed by atoms with Gasteiger partial charge in [0.15, 0.2) is 5.75 Å². The highest BCUT2D eigenvalue weighted by Crippen LogP contribution is 2.40. The van der Waals surface area contributed by atoms with E-state index in [1.165, 1.54) is 48.9 Å². The Bertz CT molecular complexity index is 1710. The number of ether oxygens (including phenoxy) is 1. The second kappa shape index (κ2) is 12.9. The lowest BCUT2D eigenvalue weighted by Gasteiger charge is -2.33. The summed E-state index contributed by atoms with van der Waals surface area (Å²) in [6.07, 6.45) is 0.337. The molecule has 1 saturated carbocycles. The number of alkyl halides is 1. The molecular weight excluding hydrogens is 604 g/mol.